The lowest BCUT2D eigenvalue weighted by Crippen LogP contribution is -2.37. The van der Waals surface area contributed by atoms with Crippen molar-refractivity contribution in [2.75, 3.05) is 38.5 Å². The van der Waals surface area contributed by atoms with E-state index in [4.69, 9.17) is 0 Å². The van der Waals surface area contributed by atoms with E-state index in [1.807, 2.05) is 6.07 Å². The molecule has 8 heteroatoms. The molecule has 2 aliphatic heterocycles. The monoisotopic (exact) mass is 476 g/mol. The molecule has 4 rings (SSSR count). The van der Waals surface area contributed by atoms with Gasteiger partial charge in [0, 0.05) is 19.6 Å². The van der Waals surface area contributed by atoms with Gasteiger partial charge in [-0.15, -0.1) is 0 Å². The molecule has 0 aliphatic carbocycles. The van der Waals surface area contributed by atoms with Crippen LogP contribution in [0.15, 0.2) is 58.3 Å². The van der Waals surface area contributed by atoms with Gasteiger partial charge in [0.05, 0.1) is 15.5 Å². The molecule has 1 fully saturated rings. The Labute approximate surface area is 192 Å². The molecule has 2 aromatic rings. The van der Waals surface area contributed by atoms with E-state index in [1.165, 1.54) is 19.3 Å². The zero-order chi connectivity index (χ0) is 22.8. The second-order valence-electron chi connectivity index (χ2n) is 8.73. The molecule has 1 atom stereocenters. The Morgan fingerprint density at radius 3 is 2.41 bits per heavy atom. The standard InChI is InChI=1S/C24H32N2O4S2/c1-2-25(16-17-26-14-7-4-8-15-26)18-20-10-9-13-22-24(20)23(19-31(22,27)28)32(29,30)21-11-5-3-6-12-21/h3,5-6,9-13,23H,2,4,7-8,14-19H2,1H3. The maximum absolute atomic E-state index is 13.4. The molecule has 1 unspecified atom stereocenters. The summed E-state index contributed by atoms with van der Waals surface area (Å²) in [6, 6.07) is 13.4. The first-order valence-electron chi connectivity index (χ1n) is 11.4. The maximum atomic E-state index is 13.4. The molecular weight excluding hydrogens is 444 g/mol. The predicted octanol–water partition coefficient (Wildman–Crippen LogP) is 3.30. The number of piperidine rings is 1. The first kappa shape index (κ1) is 23.4. The third kappa shape index (κ3) is 4.78. The van der Waals surface area contributed by atoms with Crippen molar-refractivity contribution in [2.24, 2.45) is 0 Å². The number of rotatable bonds is 8. The molecule has 0 amide bonds. The summed E-state index contributed by atoms with van der Waals surface area (Å²) in [4.78, 5) is 5.10. The van der Waals surface area contributed by atoms with Gasteiger partial charge in [-0.05, 0) is 61.8 Å². The Morgan fingerprint density at radius 2 is 1.72 bits per heavy atom. The summed E-state index contributed by atoms with van der Waals surface area (Å²) in [7, 11) is -7.47. The Kier molecular flexibility index (Phi) is 7.05. The van der Waals surface area contributed by atoms with Crippen molar-refractivity contribution in [2.45, 2.75) is 47.8 Å². The molecule has 0 spiro atoms. The lowest BCUT2D eigenvalue weighted by atomic mass is 10.0. The van der Waals surface area contributed by atoms with E-state index in [0.29, 0.717) is 12.1 Å². The number of sulfone groups is 2. The molecule has 0 aromatic heterocycles. The van der Waals surface area contributed by atoms with Gasteiger partial charge in [-0.1, -0.05) is 43.7 Å². The number of likely N-dealkylation sites (tertiary alicyclic amines) is 1. The number of likely N-dealkylation sites (N-methyl/N-ethyl adjacent to an activating group) is 1. The van der Waals surface area contributed by atoms with E-state index in [-0.39, 0.29) is 9.79 Å². The number of nitrogens with zero attached hydrogens (tertiary/aromatic N) is 2. The van der Waals surface area contributed by atoms with Gasteiger partial charge in [-0.2, -0.15) is 0 Å². The van der Waals surface area contributed by atoms with Crippen molar-refractivity contribution in [3.05, 3.63) is 59.7 Å². The molecule has 0 bridgehead atoms. The molecule has 0 N–H and O–H groups in total. The Balaban J connectivity index is 1.63. The van der Waals surface area contributed by atoms with Crippen molar-refractivity contribution in [3.63, 3.8) is 0 Å². The topological polar surface area (TPSA) is 74.8 Å². The largest absolute Gasteiger partial charge is 0.302 e. The predicted molar refractivity (Wildman–Crippen MR) is 126 cm³/mol. The molecule has 32 heavy (non-hydrogen) atoms. The first-order chi connectivity index (χ1) is 15.3. The van der Waals surface area contributed by atoms with E-state index >= 15 is 0 Å². The summed E-state index contributed by atoms with van der Waals surface area (Å²) >= 11 is 0. The minimum Gasteiger partial charge on any atom is -0.302 e. The van der Waals surface area contributed by atoms with Gasteiger partial charge in [-0.3, -0.25) is 4.90 Å². The number of benzene rings is 2. The molecule has 0 saturated carbocycles. The average molecular weight is 477 g/mol. The summed E-state index contributed by atoms with van der Waals surface area (Å²) in [6.45, 7) is 7.58. The molecule has 0 radical (unpaired) electrons. The Hall–Kier alpha value is -1.74. The van der Waals surface area contributed by atoms with Crippen LogP contribution in [0, 0.1) is 0 Å². The van der Waals surface area contributed by atoms with Crippen LogP contribution in [-0.2, 0) is 26.2 Å². The zero-order valence-corrected chi connectivity index (χ0v) is 20.2. The second kappa shape index (κ2) is 9.63. The van der Waals surface area contributed by atoms with Crippen molar-refractivity contribution in [1.29, 1.82) is 0 Å². The summed E-state index contributed by atoms with van der Waals surface area (Å²) < 4.78 is 52.7. The van der Waals surface area contributed by atoms with Crippen LogP contribution >= 0.6 is 0 Å². The van der Waals surface area contributed by atoms with Crippen molar-refractivity contribution >= 4 is 19.7 Å². The number of hydrogen-bond donors (Lipinski definition) is 0. The Morgan fingerprint density at radius 1 is 1.00 bits per heavy atom. The van der Waals surface area contributed by atoms with Crippen LogP contribution in [0.1, 0.15) is 42.6 Å². The van der Waals surface area contributed by atoms with Gasteiger partial charge in [0.2, 0.25) is 0 Å². The van der Waals surface area contributed by atoms with Gasteiger partial charge in [-0.25, -0.2) is 16.8 Å². The van der Waals surface area contributed by atoms with Crippen molar-refractivity contribution < 1.29 is 16.8 Å². The fraction of sp³-hybridized carbons (Fsp3) is 0.500. The third-order valence-electron chi connectivity index (χ3n) is 6.65. The lowest BCUT2D eigenvalue weighted by molar-refractivity contribution is 0.181. The third-order valence-corrected chi connectivity index (χ3v) is 10.7. The van der Waals surface area contributed by atoms with E-state index in [9.17, 15) is 16.8 Å². The van der Waals surface area contributed by atoms with Crippen LogP contribution < -0.4 is 0 Å². The molecule has 2 heterocycles. The summed E-state index contributed by atoms with van der Waals surface area (Å²) in [5.41, 5.74) is 1.27. The number of fused-ring (bicyclic) bond motifs is 1. The lowest BCUT2D eigenvalue weighted by Gasteiger charge is -2.30. The van der Waals surface area contributed by atoms with Gasteiger partial charge in [0.15, 0.2) is 19.7 Å². The van der Waals surface area contributed by atoms with E-state index in [0.717, 1.165) is 38.3 Å². The van der Waals surface area contributed by atoms with Gasteiger partial charge >= 0.3 is 0 Å². The van der Waals surface area contributed by atoms with Gasteiger partial charge in [0.25, 0.3) is 0 Å². The van der Waals surface area contributed by atoms with Crippen LogP contribution in [0.3, 0.4) is 0 Å². The molecule has 2 aromatic carbocycles. The minimum atomic E-state index is -3.82. The van der Waals surface area contributed by atoms with Gasteiger partial charge in [0.1, 0.15) is 5.25 Å². The fourth-order valence-electron chi connectivity index (χ4n) is 4.81. The highest BCUT2D eigenvalue weighted by Crippen LogP contribution is 2.43. The Bertz CT molecular complexity index is 1140. The van der Waals surface area contributed by atoms with Crippen LogP contribution in [0.5, 0.6) is 0 Å². The maximum Gasteiger partial charge on any atom is 0.186 e. The number of hydrogen-bond acceptors (Lipinski definition) is 6. The fourth-order valence-corrected chi connectivity index (χ4v) is 9.23. The molecule has 2 aliphatic rings. The van der Waals surface area contributed by atoms with Crippen LogP contribution in [0.25, 0.3) is 0 Å². The van der Waals surface area contributed by atoms with Crippen molar-refractivity contribution in [3.8, 4) is 0 Å². The average Bonchev–Trinajstić information content (AvgIpc) is 3.10. The molecule has 174 valence electrons. The van der Waals surface area contributed by atoms with Crippen LogP contribution in [-0.4, -0.2) is 65.1 Å². The summed E-state index contributed by atoms with van der Waals surface area (Å²) in [5.74, 6) is -0.392. The normalized spacial score (nSPS) is 21.0. The quantitative estimate of drug-likeness (QED) is 0.582. The smallest absolute Gasteiger partial charge is 0.186 e. The molecular formula is C24H32N2O4S2. The highest BCUT2D eigenvalue weighted by Gasteiger charge is 2.44. The van der Waals surface area contributed by atoms with Crippen LogP contribution in [0.4, 0.5) is 0 Å². The highest BCUT2D eigenvalue weighted by atomic mass is 32.2. The highest BCUT2D eigenvalue weighted by molar-refractivity contribution is 7.96. The van der Waals surface area contributed by atoms with Gasteiger partial charge < -0.3 is 4.90 Å². The SMILES string of the molecule is CCN(CCN1CCCCC1)Cc1cccc2c1C(S(=O)(=O)c1ccccc1)CS2(=O)=O. The van der Waals surface area contributed by atoms with E-state index < -0.39 is 30.7 Å². The zero-order valence-electron chi connectivity index (χ0n) is 18.6. The van der Waals surface area contributed by atoms with E-state index in [1.54, 1.807) is 42.5 Å². The first-order valence-corrected chi connectivity index (χ1v) is 14.6. The molecule has 1 saturated heterocycles. The second-order valence-corrected chi connectivity index (χ2v) is 12.9. The minimum absolute atomic E-state index is 0.167. The summed E-state index contributed by atoms with van der Waals surface area (Å²) in [5, 5.41) is -1.07. The van der Waals surface area contributed by atoms with Crippen molar-refractivity contribution in [1.82, 2.24) is 9.80 Å². The van der Waals surface area contributed by atoms with Crippen LogP contribution in [0.2, 0.25) is 0 Å². The summed E-state index contributed by atoms with van der Waals surface area (Å²) in [6.07, 6.45) is 3.79. The van der Waals surface area contributed by atoms with E-state index in [2.05, 4.69) is 16.7 Å². The molecule has 6 nitrogen and oxygen atoms in total.